The minimum Gasteiger partial charge on any atom is -0.494 e. The summed E-state index contributed by atoms with van der Waals surface area (Å²) >= 11 is 3.21. The van der Waals surface area contributed by atoms with E-state index in [2.05, 4.69) is 29.8 Å². The van der Waals surface area contributed by atoms with Crippen molar-refractivity contribution in [2.75, 3.05) is 25.2 Å². The number of esters is 3. The molecule has 212 valence electrons. The van der Waals surface area contributed by atoms with Crippen LogP contribution in [0, 0.1) is 0 Å². The maximum atomic E-state index is 12.8. The van der Waals surface area contributed by atoms with Crippen molar-refractivity contribution >= 4 is 33.8 Å². The van der Waals surface area contributed by atoms with E-state index in [-0.39, 0.29) is 29.2 Å². The predicted molar refractivity (Wildman–Crippen MR) is 154 cm³/mol. The van der Waals surface area contributed by atoms with Crippen molar-refractivity contribution in [3.05, 3.63) is 83.4 Å². The number of carbonyl (C=O) groups excluding carboxylic acids is 3. The molecule has 0 radical (unpaired) electrons. The normalized spacial score (nSPS) is 10.5. The molecule has 0 aromatic heterocycles. The average Bonchev–Trinajstić information content (AvgIpc) is 2.97. The van der Waals surface area contributed by atoms with Gasteiger partial charge in [-0.2, -0.15) is 0 Å². The summed E-state index contributed by atoms with van der Waals surface area (Å²) in [6.07, 6.45) is 3.92. The molecule has 0 fully saturated rings. The molecule has 0 N–H and O–H groups in total. The SMILES string of the molecule is CCCCOc1ccc(C(=O)Oc2ccc(OC(=O)c3ccc(OCCCC)cc3)c(C(=O)OCCBr)c2)cc1. The Kier molecular flexibility index (Phi) is 12.5. The molecule has 8 nitrogen and oxygen atoms in total. The van der Waals surface area contributed by atoms with Crippen molar-refractivity contribution in [3.63, 3.8) is 0 Å². The van der Waals surface area contributed by atoms with E-state index in [1.807, 2.05) is 0 Å². The Morgan fingerprint density at radius 1 is 0.625 bits per heavy atom. The highest BCUT2D eigenvalue weighted by Crippen LogP contribution is 2.27. The van der Waals surface area contributed by atoms with Gasteiger partial charge in [0.25, 0.3) is 0 Å². The molecule has 0 aliphatic rings. The summed E-state index contributed by atoms with van der Waals surface area (Å²) in [5, 5.41) is 0.424. The topological polar surface area (TPSA) is 97.4 Å². The molecule has 3 rings (SSSR count). The zero-order chi connectivity index (χ0) is 28.7. The Balaban J connectivity index is 1.73. The number of benzene rings is 3. The molecule has 0 atom stereocenters. The van der Waals surface area contributed by atoms with E-state index in [1.165, 1.54) is 18.2 Å². The fourth-order valence-corrected chi connectivity index (χ4v) is 3.56. The monoisotopic (exact) mass is 612 g/mol. The summed E-state index contributed by atoms with van der Waals surface area (Å²) in [5.41, 5.74) is 0.530. The number of hydrogen-bond donors (Lipinski definition) is 0. The number of halogens is 1. The number of rotatable bonds is 15. The Labute approximate surface area is 242 Å². The van der Waals surface area contributed by atoms with Gasteiger partial charge in [0.1, 0.15) is 35.2 Å². The second-order valence-electron chi connectivity index (χ2n) is 8.71. The second-order valence-corrected chi connectivity index (χ2v) is 9.51. The highest BCUT2D eigenvalue weighted by atomic mass is 79.9. The molecule has 0 heterocycles. The number of unbranched alkanes of at least 4 members (excludes halogenated alkanes) is 2. The third-order valence-corrected chi connectivity index (χ3v) is 5.93. The van der Waals surface area contributed by atoms with Crippen molar-refractivity contribution in [2.45, 2.75) is 39.5 Å². The average molecular weight is 614 g/mol. The number of hydrogen-bond acceptors (Lipinski definition) is 8. The third kappa shape index (κ3) is 9.41. The van der Waals surface area contributed by atoms with Gasteiger partial charge < -0.3 is 23.7 Å². The van der Waals surface area contributed by atoms with Crippen LogP contribution in [-0.4, -0.2) is 43.1 Å². The predicted octanol–water partition coefficient (Wildman–Crippen LogP) is 7.03. The van der Waals surface area contributed by atoms with Crippen LogP contribution in [0.2, 0.25) is 0 Å². The number of carbonyl (C=O) groups is 3. The Bertz CT molecular complexity index is 1260. The molecular weight excluding hydrogens is 580 g/mol. The quantitative estimate of drug-likeness (QED) is 0.0780. The highest BCUT2D eigenvalue weighted by molar-refractivity contribution is 9.09. The van der Waals surface area contributed by atoms with Crippen molar-refractivity contribution in [2.24, 2.45) is 0 Å². The summed E-state index contributed by atoms with van der Waals surface area (Å²) in [6.45, 7) is 5.45. The van der Waals surface area contributed by atoms with Gasteiger partial charge in [0, 0.05) is 5.33 Å². The molecular formula is C31H33BrO8. The van der Waals surface area contributed by atoms with Crippen LogP contribution < -0.4 is 18.9 Å². The van der Waals surface area contributed by atoms with Gasteiger partial charge in [-0.1, -0.05) is 42.6 Å². The lowest BCUT2D eigenvalue weighted by atomic mass is 10.1. The van der Waals surface area contributed by atoms with E-state index in [0.29, 0.717) is 35.6 Å². The lowest BCUT2D eigenvalue weighted by Gasteiger charge is -2.12. The van der Waals surface area contributed by atoms with Crippen LogP contribution in [0.25, 0.3) is 0 Å². The first-order valence-electron chi connectivity index (χ1n) is 13.2. The molecule has 3 aromatic rings. The molecule has 0 saturated carbocycles. The molecule has 0 bridgehead atoms. The van der Waals surface area contributed by atoms with Crippen LogP contribution in [0.4, 0.5) is 0 Å². The molecule has 0 aliphatic heterocycles. The summed E-state index contributed by atoms with van der Waals surface area (Å²) in [5.74, 6) is -0.644. The Morgan fingerprint density at radius 2 is 1.12 bits per heavy atom. The third-order valence-electron chi connectivity index (χ3n) is 5.61. The molecule has 9 heteroatoms. The van der Waals surface area contributed by atoms with E-state index in [0.717, 1.165) is 25.7 Å². The van der Waals surface area contributed by atoms with E-state index >= 15 is 0 Å². The molecule has 0 saturated heterocycles. The maximum absolute atomic E-state index is 12.8. The summed E-state index contributed by atoms with van der Waals surface area (Å²) in [4.78, 5) is 38.3. The molecule has 40 heavy (non-hydrogen) atoms. The fraction of sp³-hybridized carbons (Fsp3) is 0.323. The van der Waals surface area contributed by atoms with Gasteiger partial charge in [-0.3, -0.25) is 0 Å². The zero-order valence-corrected chi connectivity index (χ0v) is 24.2. The maximum Gasteiger partial charge on any atom is 0.343 e. The van der Waals surface area contributed by atoms with Crippen LogP contribution >= 0.6 is 15.9 Å². The minimum absolute atomic E-state index is 0.0266. The van der Waals surface area contributed by atoms with Gasteiger partial charge in [0.05, 0.1) is 24.3 Å². The standard InChI is InChI=1S/C31H33BrO8/c1-3-5-18-36-24-11-7-22(8-12-24)29(33)39-26-15-16-28(27(21-26)31(35)38-20-17-32)40-30(34)23-9-13-25(14-10-23)37-19-6-4-2/h7-16,21H,3-6,17-20H2,1-2H3. The fourth-order valence-electron chi connectivity index (χ4n) is 3.40. The van der Waals surface area contributed by atoms with Crippen LogP contribution in [0.5, 0.6) is 23.0 Å². The Hall–Kier alpha value is -3.85. The van der Waals surface area contributed by atoms with Crippen molar-refractivity contribution < 1.29 is 38.1 Å². The smallest absolute Gasteiger partial charge is 0.343 e. The highest BCUT2D eigenvalue weighted by Gasteiger charge is 2.20. The van der Waals surface area contributed by atoms with E-state index in [4.69, 9.17) is 23.7 Å². The number of alkyl halides is 1. The van der Waals surface area contributed by atoms with Gasteiger partial charge in [0.15, 0.2) is 0 Å². The summed E-state index contributed by atoms with van der Waals surface area (Å²) < 4.78 is 27.5. The lowest BCUT2D eigenvalue weighted by Crippen LogP contribution is -2.15. The van der Waals surface area contributed by atoms with E-state index < -0.39 is 17.9 Å². The van der Waals surface area contributed by atoms with Crippen LogP contribution in [0.1, 0.15) is 70.6 Å². The van der Waals surface area contributed by atoms with Crippen molar-refractivity contribution in [1.29, 1.82) is 0 Å². The first-order valence-corrected chi connectivity index (χ1v) is 14.3. The van der Waals surface area contributed by atoms with Gasteiger partial charge in [-0.25, -0.2) is 14.4 Å². The molecule has 0 aliphatic carbocycles. The second kappa shape index (κ2) is 16.3. The first-order chi connectivity index (χ1) is 19.4. The van der Waals surface area contributed by atoms with Gasteiger partial charge >= 0.3 is 17.9 Å². The van der Waals surface area contributed by atoms with E-state index in [1.54, 1.807) is 48.5 Å². The van der Waals surface area contributed by atoms with Crippen LogP contribution in [0.3, 0.4) is 0 Å². The Morgan fingerprint density at radius 3 is 1.62 bits per heavy atom. The summed E-state index contributed by atoms with van der Waals surface area (Å²) in [7, 11) is 0. The molecule has 3 aromatic carbocycles. The van der Waals surface area contributed by atoms with Gasteiger partial charge in [-0.15, -0.1) is 0 Å². The number of ether oxygens (including phenoxy) is 5. The van der Waals surface area contributed by atoms with Crippen LogP contribution in [0.15, 0.2) is 66.7 Å². The van der Waals surface area contributed by atoms with Gasteiger partial charge in [0.2, 0.25) is 0 Å². The molecule has 0 unspecified atom stereocenters. The van der Waals surface area contributed by atoms with Crippen molar-refractivity contribution in [1.82, 2.24) is 0 Å². The first kappa shape index (κ1) is 30.7. The molecule has 0 amide bonds. The minimum atomic E-state index is -0.728. The van der Waals surface area contributed by atoms with E-state index in [9.17, 15) is 14.4 Å². The lowest BCUT2D eigenvalue weighted by molar-refractivity contribution is 0.0522. The van der Waals surface area contributed by atoms with Crippen LogP contribution in [-0.2, 0) is 4.74 Å². The zero-order valence-electron chi connectivity index (χ0n) is 22.7. The van der Waals surface area contributed by atoms with Crippen molar-refractivity contribution in [3.8, 4) is 23.0 Å². The summed E-state index contributed by atoms with van der Waals surface area (Å²) in [6, 6.07) is 17.3. The van der Waals surface area contributed by atoms with Gasteiger partial charge in [-0.05, 0) is 79.6 Å². The molecule has 0 spiro atoms. The largest absolute Gasteiger partial charge is 0.494 e.